The standard InChI is InChI=1S/C23H37N7O.HI/c1-7-24-23(27-16(2)12-21-18(4)28-29(6)19(21)5)26-14-20-8-9-22(25-13-20)30-10-11-31-17(3)15-30;/h8-9,13,16-17H,7,10-12,14-15H2,1-6H3,(H2,24,26,27);1H. The fourth-order valence-corrected chi connectivity index (χ4v) is 3.92. The molecule has 2 atom stereocenters. The molecule has 178 valence electrons. The van der Waals surface area contributed by atoms with Crippen molar-refractivity contribution >= 4 is 35.8 Å². The van der Waals surface area contributed by atoms with E-state index in [1.807, 2.05) is 17.9 Å². The van der Waals surface area contributed by atoms with E-state index in [-0.39, 0.29) is 36.1 Å². The van der Waals surface area contributed by atoms with Crippen molar-refractivity contribution in [2.75, 3.05) is 31.1 Å². The van der Waals surface area contributed by atoms with Crippen molar-refractivity contribution in [2.24, 2.45) is 12.0 Å². The number of halogens is 1. The summed E-state index contributed by atoms with van der Waals surface area (Å²) in [4.78, 5) is 11.7. The summed E-state index contributed by atoms with van der Waals surface area (Å²) in [5.74, 6) is 1.82. The SMILES string of the molecule is CCNC(=NCc1ccc(N2CCOC(C)C2)nc1)NC(C)Cc1c(C)nn(C)c1C.I. The third-order valence-corrected chi connectivity index (χ3v) is 5.69. The zero-order valence-corrected chi connectivity index (χ0v) is 22.5. The van der Waals surface area contributed by atoms with E-state index in [4.69, 9.17) is 9.73 Å². The molecule has 2 N–H and O–H groups in total. The highest BCUT2D eigenvalue weighted by atomic mass is 127. The molecule has 32 heavy (non-hydrogen) atoms. The van der Waals surface area contributed by atoms with Crippen molar-refractivity contribution in [1.29, 1.82) is 0 Å². The van der Waals surface area contributed by atoms with Crippen LogP contribution >= 0.6 is 24.0 Å². The van der Waals surface area contributed by atoms with Crippen LogP contribution in [0.15, 0.2) is 23.3 Å². The van der Waals surface area contributed by atoms with E-state index in [0.29, 0.717) is 6.54 Å². The quantitative estimate of drug-likeness (QED) is 0.311. The van der Waals surface area contributed by atoms with E-state index in [9.17, 15) is 0 Å². The minimum atomic E-state index is 0. The van der Waals surface area contributed by atoms with Crippen LogP contribution in [-0.2, 0) is 24.8 Å². The molecule has 1 fully saturated rings. The Morgan fingerprint density at radius 1 is 1.34 bits per heavy atom. The van der Waals surface area contributed by atoms with E-state index in [2.05, 4.69) is 72.4 Å². The Labute approximate surface area is 209 Å². The molecule has 1 saturated heterocycles. The second-order valence-corrected chi connectivity index (χ2v) is 8.37. The lowest BCUT2D eigenvalue weighted by molar-refractivity contribution is 0.0529. The van der Waals surface area contributed by atoms with Crippen molar-refractivity contribution < 1.29 is 4.74 Å². The fourth-order valence-electron chi connectivity index (χ4n) is 3.92. The largest absolute Gasteiger partial charge is 0.375 e. The lowest BCUT2D eigenvalue weighted by atomic mass is 10.1. The van der Waals surface area contributed by atoms with Crippen molar-refractivity contribution in [3.8, 4) is 0 Å². The van der Waals surface area contributed by atoms with Crippen molar-refractivity contribution in [3.05, 3.63) is 40.8 Å². The van der Waals surface area contributed by atoms with Crippen LogP contribution < -0.4 is 15.5 Å². The maximum Gasteiger partial charge on any atom is 0.191 e. The van der Waals surface area contributed by atoms with Gasteiger partial charge in [0.1, 0.15) is 5.82 Å². The first-order chi connectivity index (χ1) is 14.9. The average Bonchev–Trinajstić information content (AvgIpc) is 2.98. The Morgan fingerprint density at radius 2 is 2.12 bits per heavy atom. The molecule has 2 aromatic rings. The number of aromatic nitrogens is 3. The van der Waals surface area contributed by atoms with Crippen molar-refractivity contribution in [2.45, 2.75) is 59.7 Å². The van der Waals surface area contributed by atoms with Gasteiger partial charge >= 0.3 is 0 Å². The Bertz CT molecular complexity index is 881. The zero-order valence-electron chi connectivity index (χ0n) is 20.2. The summed E-state index contributed by atoms with van der Waals surface area (Å²) in [5.41, 5.74) is 4.70. The molecule has 1 aliphatic heterocycles. The van der Waals surface area contributed by atoms with E-state index in [1.165, 1.54) is 11.3 Å². The Hall–Kier alpha value is -1.88. The summed E-state index contributed by atoms with van der Waals surface area (Å²) in [6, 6.07) is 4.43. The third-order valence-electron chi connectivity index (χ3n) is 5.69. The molecule has 0 aliphatic carbocycles. The number of guanidine groups is 1. The number of anilines is 1. The first kappa shape index (κ1) is 26.4. The number of pyridine rings is 1. The van der Waals surface area contributed by atoms with Gasteiger partial charge in [-0.15, -0.1) is 24.0 Å². The number of ether oxygens (including phenoxy) is 1. The van der Waals surface area contributed by atoms with Gasteiger partial charge in [0, 0.05) is 44.6 Å². The monoisotopic (exact) mass is 555 g/mol. The molecule has 0 saturated carbocycles. The van der Waals surface area contributed by atoms with Crippen LogP contribution in [-0.4, -0.2) is 59.1 Å². The van der Waals surface area contributed by atoms with Crippen LogP contribution in [0.25, 0.3) is 0 Å². The van der Waals surface area contributed by atoms with E-state index < -0.39 is 0 Å². The van der Waals surface area contributed by atoms with Crippen molar-refractivity contribution in [1.82, 2.24) is 25.4 Å². The number of aliphatic imine (C=N–C) groups is 1. The number of hydrogen-bond acceptors (Lipinski definition) is 5. The first-order valence-corrected chi connectivity index (χ1v) is 11.2. The molecule has 2 unspecified atom stereocenters. The molecule has 0 bridgehead atoms. The molecule has 0 radical (unpaired) electrons. The predicted molar refractivity (Wildman–Crippen MR) is 141 cm³/mol. The summed E-state index contributed by atoms with van der Waals surface area (Å²) < 4.78 is 7.57. The number of nitrogens with one attached hydrogen (secondary N) is 2. The number of rotatable bonds is 7. The zero-order chi connectivity index (χ0) is 22.4. The molecule has 0 aromatic carbocycles. The van der Waals surface area contributed by atoms with Gasteiger partial charge in [0.25, 0.3) is 0 Å². The van der Waals surface area contributed by atoms with Crippen LogP contribution in [0.1, 0.15) is 43.3 Å². The van der Waals surface area contributed by atoms with E-state index in [1.54, 1.807) is 0 Å². The molecule has 3 rings (SSSR count). The lowest BCUT2D eigenvalue weighted by Gasteiger charge is -2.32. The van der Waals surface area contributed by atoms with Gasteiger partial charge in [-0.1, -0.05) is 6.07 Å². The summed E-state index contributed by atoms with van der Waals surface area (Å²) >= 11 is 0. The highest BCUT2D eigenvalue weighted by Crippen LogP contribution is 2.16. The predicted octanol–water partition coefficient (Wildman–Crippen LogP) is 2.96. The molecular formula is C23H38IN7O. The third kappa shape index (κ3) is 7.06. The number of morpholine rings is 1. The summed E-state index contributed by atoms with van der Waals surface area (Å²) in [6.07, 6.45) is 3.08. The van der Waals surface area contributed by atoms with E-state index in [0.717, 1.165) is 55.7 Å². The number of nitrogens with zero attached hydrogens (tertiary/aromatic N) is 5. The molecule has 3 heterocycles. The molecule has 0 amide bonds. The van der Waals surface area contributed by atoms with Gasteiger partial charge < -0.3 is 20.3 Å². The van der Waals surface area contributed by atoms with E-state index >= 15 is 0 Å². The van der Waals surface area contributed by atoms with Crippen LogP contribution in [0.3, 0.4) is 0 Å². The van der Waals surface area contributed by atoms with Gasteiger partial charge in [-0.25, -0.2) is 9.98 Å². The van der Waals surface area contributed by atoms with Crippen LogP contribution in [0.5, 0.6) is 0 Å². The average molecular weight is 556 g/mol. The van der Waals surface area contributed by atoms with Crippen LogP contribution in [0.2, 0.25) is 0 Å². The molecule has 9 heteroatoms. The second-order valence-electron chi connectivity index (χ2n) is 8.37. The van der Waals surface area contributed by atoms with Crippen LogP contribution in [0, 0.1) is 13.8 Å². The first-order valence-electron chi connectivity index (χ1n) is 11.2. The summed E-state index contributed by atoms with van der Waals surface area (Å²) in [5, 5.41) is 11.4. The lowest BCUT2D eigenvalue weighted by Crippen LogP contribution is -2.43. The van der Waals surface area contributed by atoms with Crippen LogP contribution in [0.4, 0.5) is 5.82 Å². The van der Waals surface area contributed by atoms with Gasteiger partial charge in [-0.2, -0.15) is 5.10 Å². The highest BCUT2D eigenvalue weighted by molar-refractivity contribution is 14.0. The topological polar surface area (TPSA) is 79.6 Å². The molecule has 8 nitrogen and oxygen atoms in total. The second kappa shape index (κ2) is 12.4. The highest BCUT2D eigenvalue weighted by Gasteiger charge is 2.18. The minimum Gasteiger partial charge on any atom is -0.375 e. The molecule has 2 aromatic heterocycles. The maximum atomic E-state index is 5.62. The fraction of sp³-hybridized carbons (Fsp3) is 0.609. The molecule has 0 spiro atoms. The van der Waals surface area contributed by atoms with Gasteiger partial charge in [-0.05, 0) is 58.2 Å². The molecular weight excluding hydrogens is 517 g/mol. The Kier molecular flexibility index (Phi) is 10.2. The summed E-state index contributed by atoms with van der Waals surface area (Å²) in [6.45, 7) is 14.5. The Balaban J connectivity index is 0.00000363. The maximum absolute atomic E-state index is 5.62. The Morgan fingerprint density at radius 3 is 2.72 bits per heavy atom. The van der Waals surface area contributed by atoms with Gasteiger partial charge in [0.05, 0.1) is 24.9 Å². The van der Waals surface area contributed by atoms with Gasteiger partial charge in [-0.3, -0.25) is 4.68 Å². The minimum absolute atomic E-state index is 0. The van der Waals surface area contributed by atoms with Crippen molar-refractivity contribution in [3.63, 3.8) is 0 Å². The van der Waals surface area contributed by atoms with Gasteiger partial charge in [0.2, 0.25) is 0 Å². The summed E-state index contributed by atoms with van der Waals surface area (Å²) in [7, 11) is 1.99. The smallest absolute Gasteiger partial charge is 0.191 e. The molecule has 1 aliphatic rings. The normalized spacial score (nSPS) is 17.6. The van der Waals surface area contributed by atoms with Gasteiger partial charge in [0.15, 0.2) is 5.96 Å². The number of hydrogen-bond donors (Lipinski definition) is 2. The number of aryl methyl sites for hydroxylation is 2.